The number of piperidine rings is 1. The summed E-state index contributed by atoms with van der Waals surface area (Å²) in [6.45, 7) is 2.60. The molecule has 1 atom stereocenters. The number of rotatable bonds is 3. The Hall–Kier alpha value is -1.79. The second kappa shape index (κ2) is 4.47. The molecule has 0 spiro atoms. The summed E-state index contributed by atoms with van der Waals surface area (Å²) in [6.07, 6.45) is 4.54. The van der Waals surface area contributed by atoms with Gasteiger partial charge in [-0.3, -0.25) is 15.0 Å². The zero-order valence-corrected chi connectivity index (χ0v) is 10.1. The van der Waals surface area contributed by atoms with Crippen molar-refractivity contribution in [1.29, 1.82) is 0 Å². The van der Waals surface area contributed by atoms with Crippen LogP contribution in [0.2, 0.25) is 0 Å². The molecule has 2 aliphatic heterocycles. The number of hydrogen-bond donors (Lipinski definition) is 0. The van der Waals surface area contributed by atoms with E-state index in [1.807, 2.05) is 0 Å². The summed E-state index contributed by atoms with van der Waals surface area (Å²) in [4.78, 5) is 18.7. The first-order valence-corrected chi connectivity index (χ1v) is 6.36. The molecule has 1 aromatic heterocycles. The van der Waals surface area contributed by atoms with Crippen molar-refractivity contribution >= 4 is 11.9 Å². The lowest BCUT2D eigenvalue weighted by molar-refractivity contribution is -0.524. The van der Waals surface area contributed by atoms with Gasteiger partial charge in [0.15, 0.2) is 0 Å². The van der Waals surface area contributed by atoms with Crippen LogP contribution in [0.3, 0.4) is 0 Å². The van der Waals surface area contributed by atoms with Gasteiger partial charge in [0, 0.05) is 31.0 Å². The van der Waals surface area contributed by atoms with Gasteiger partial charge in [0.2, 0.25) is 5.88 Å². The van der Waals surface area contributed by atoms with Crippen molar-refractivity contribution in [3.05, 3.63) is 16.3 Å². The van der Waals surface area contributed by atoms with Crippen molar-refractivity contribution in [3.8, 4) is 0 Å². The Bertz CT molecular complexity index is 443. The van der Waals surface area contributed by atoms with E-state index in [0.717, 1.165) is 38.2 Å². The first-order valence-electron chi connectivity index (χ1n) is 6.36. The van der Waals surface area contributed by atoms with E-state index in [4.69, 9.17) is 4.42 Å². The summed E-state index contributed by atoms with van der Waals surface area (Å²) < 4.78 is 5.64. The lowest BCUT2D eigenvalue weighted by atomic mass is 10.1. The third kappa shape index (κ3) is 1.89. The van der Waals surface area contributed by atoms with Crippen molar-refractivity contribution in [2.75, 3.05) is 29.4 Å². The molecule has 1 aromatic rings. The maximum atomic E-state index is 11.0. The number of nitro groups is 1. The van der Waals surface area contributed by atoms with Crippen LogP contribution in [0.5, 0.6) is 0 Å². The highest BCUT2D eigenvalue weighted by Gasteiger charge is 2.34. The minimum absolute atomic E-state index is 0.243. The van der Waals surface area contributed by atoms with Crippen molar-refractivity contribution in [1.82, 2.24) is 4.98 Å². The van der Waals surface area contributed by atoms with Crippen LogP contribution < -0.4 is 9.80 Å². The van der Waals surface area contributed by atoms with Gasteiger partial charge in [-0.2, -0.15) is 4.98 Å². The Morgan fingerprint density at radius 3 is 2.83 bits per heavy atom. The van der Waals surface area contributed by atoms with Gasteiger partial charge in [0.25, 0.3) is 6.17 Å². The second-order valence-electron chi connectivity index (χ2n) is 4.78. The molecule has 0 saturated carbocycles. The van der Waals surface area contributed by atoms with Gasteiger partial charge in [-0.1, -0.05) is 0 Å². The predicted molar refractivity (Wildman–Crippen MR) is 65.3 cm³/mol. The van der Waals surface area contributed by atoms with E-state index in [2.05, 4.69) is 9.88 Å². The van der Waals surface area contributed by atoms with Crippen LogP contribution in [-0.4, -0.2) is 35.7 Å². The summed E-state index contributed by atoms with van der Waals surface area (Å²) in [6, 6.07) is 0.387. The Morgan fingerprint density at radius 2 is 2.17 bits per heavy atom. The van der Waals surface area contributed by atoms with Crippen LogP contribution in [0.25, 0.3) is 0 Å². The Labute approximate surface area is 105 Å². The van der Waals surface area contributed by atoms with Crippen molar-refractivity contribution in [3.63, 3.8) is 0 Å². The summed E-state index contributed by atoms with van der Waals surface area (Å²) in [5.74, 6) is 0.726. The van der Waals surface area contributed by atoms with E-state index in [1.165, 1.54) is 0 Å². The molecule has 3 heterocycles. The molecule has 0 bridgehead atoms. The van der Waals surface area contributed by atoms with Gasteiger partial charge in [0.1, 0.15) is 0 Å². The van der Waals surface area contributed by atoms with E-state index in [9.17, 15) is 10.1 Å². The number of aromatic nitrogens is 1. The highest BCUT2D eigenvalue weighted by Crippen LogP contribution is 2.29. The molecular formula is C11H16N4O3. The topological polar surface area (TPSA) is 75.7 Å². The summed E-state index contributed by atoms with van der Waals surface area (Å²) >= 11 is 0. The smallest absolute Gasteiger partial charge is 0.304 e. The fourth-order valence-corrected chi connectivity index (χ4v) is 2.43. The fraction of sp³-hybridized carbons (Fsp3) is 0.727. The van der Waals surface area contributed by atoms with Gasteiger partial charge in [-0.15, -0.1) is 0 Å². The van der Waals surface area contributed by atoms with Crippen LogP contribution in [0.15, 0.2) is 10.6 Å². The highest BCUT2D eigenvalue weighted by atomic mass is 16.6. The lowest BCUT2D eigenvalue weighted by Gasteiger charge is -2.30. The van der Waals surface area contributed by atoms with Crippen LogP contribution in [-0.2, 0) is 0 Å². The highest BCUT2D eigenvalue weighted by molar-refractivity contribution is 5.41. The standard InChI is InChI=1S/C11H16N4O3/c16-15(17)9-4-1-2-7-14(9)11-12-8-10(18-11)13-5-3-6-13/h8-9H,1-7H2. The number of nitrogens with zero attached hydrogens (tertiary/aromatic N) is 4. The molecule has 7 heteroatoms. The molecule has 0 amide bonds. The second-order valence-corrected chi connectivity index (χ2v) is 4.78. The molecule has 1 unspecified atom stereocenters. The van der Waals surface area contributed by atoms with Crippen LogP contribution >= 0.6 is 0 Å². The molecular weight excluding hydrogens is 236 g/mol. The van der Waals surface area contributed by atoms with Crippen LogP contribution in [0, 0.1) is 10.1 Å². The molecule has 2 aliphatic rings. The lowest BCUT2D eigenvalue weighted by Crippen LogP contribution is -2.44. The number of anilines is 2. The maximum Gasteiger partial charge on any atom is 0.304 e. The van der Waals surface area contributed by atoms with Crippen LogP contribution in [0.1, 0.15) is 25.7 Å². The van der Waals surface area contributed by atoms with Gasteiger partial charge in [-0.25, -0.2) is 0 Å². The van der Waals surface area contributed by atoms with Gasteiger partial charge in [-0.05, 0) is 19.3 Å². The molecule has 2 fully saturated rings. The first-order chi connectivity index (χ1) is 8.75. The minimum Gasteiger partial charge on any atom is -0.407 e. The monoisotopic (exact) mass is 252 g/mol. The molecule has 3 rings (SSSR count). The molecule has 98 valence electrons. The minimum atomic E-state index is -0.693. The first kappa shape index (κ1) is 11.3. The maximum absolute atomic E-state index is 11.0. The van der Waals surface area contributed by atoms with E-state index in [1.54, 1.807) is 11.1 Å². The largest absolute Gasteiger partial charge is 0.407 e. The SMILES string of the molecule is O=[N+]([O-])C1CCCCN1c1ncc(N2CCC2)o1. The van der Waals surface area contributed by atoms with E-state index in [-0.39, 0.29) is 4.92 Å². The summed E-state index contributed by atoms with van der Waals surface area (Å²) in [7, 11) is 0. The molecule has 0 radical (unpaired) electrons. The quantitative estimate of drug-likeness (QED) is 0.599. The molecule has 0 aliphatic carbocycles. The molecule has 0 aromatic carbocycles. The normalized spacial score (nSPS) is 23.9. The third-order valence-electron chi connectivity index (χ3n) is 3.61. The average molecular weight is 252 g/mol. The average Bonchev–Trinajstić information content (AvgIpc) is 2.76. The molecule has 0 N–H and O–H groups in total. The van der Waals surface area contributed by atoms with Crippen molar-refractivity contribution < 1.29 is 9.34 Å². The number of oxazole rings is 1. The fourth-order valence-electron chi connectivity index (χ4n) is 2.43. The number of hydrogen-bond acceptors (Lipinski definition) is 6. The Morgan fingerprint density at radius 1 is 1.33 bits per heavy atom. The van der Waals surface area contributed by atoms with Gasteiger partial charge in [0.05, 0.1) is 6.20 Å². The Kier molecular flexibility index (Phi) is 2.81. The predicted octanol–water partition coefficient (Wildman–Crippen LogP) is 1.48. The van der Waals surface area contributed by atoms with Crippen molar-refractivity contribution in [2.24, 2.45) is 0 Å². The van der Waals surface area contributed by atoms with E-state index < -0.39 is 6.17 Å². The molecule has 7 nitrogen and oxygen atoms in total. The van der Waals surface area contributed by atoms with Crippen molar-refractivity contribution in [2.45, 2.75) is 31.8 Å². The molecule has 2 saturated heterocycles. The van der Waals surface area contributed by atoms with Crippen LogP contribution in [0.4, 0.5) is 11.9 Å². The summed E-state index contributed by atoms with van der Waals surface area (Å²) in [5.41, 5.74) is 0. The van der Waals surface area contributed by atoms with E-state index >= 15 is 0 Å². The zero-order valence-electron chi connectivity index (χ0n) is 10.1. The molecule has 18 heavy (non-hydrogen) atoms. The summed E-state index contributed by atoms with van der Waals surface area (Å²) in [5, 5.41) is 11.0. The van der Waals surface area contributed by atoms with Gasteiger partial charge < -0.3 is 9.32 Å². The third-order valence-corrected chi connectivity index (χ3v) is 3.61. The van der Waals surface area contributed by atoms with Gasteiger partial charge >= 0.3 is 6.01 Å². The van der Waals surface area contributed by atoms with E-state index in [0.29, 0.717) is 19.0 Å². The Balaban J connectivity index is 1.78. The zero-order chi connectivity index (χ0) is 12.5.